The average molecular weight is 691 g/mol. The summed E-state index contributed by atoms with van der Waals surface area (Å²) in [5.74, 6) is 0. The fourth-order valence-corrected chi connectivity index (χ4v) is 6.99. The smallest absolute Gasteiger partial charge is 0.0702 e. The molecule has 0 saturated heterocycles. The Labute approximate surface area is 315 Å². The Morgan fingerprint density at radius 1 is 0.241 bits per heavy atom. The Morgan fingerprint density at radius 2 is 0.556 bits per heavy atom. The Balaban J connectivity index is 1.23. The molecule has 254 valence electrons. The summed E-state index contributed by atoms with van der Waals surface area (Å²) in [6.45, 7) is 0. The zero-order valence-corrected chi connectivity index (χ0v) is 29.4. The standard InChI is InChI=1S/C50H34N4/c1-3-7-41(8-4-1)49-21-19-43(33-53-49)47-32-48(44-20-22-50(54-34-44)42-9-5-2-6-10-42)46(40-17-13-36(14-18-40)38-25-29-52-30-26-38)31-45(47)39-15-11-35(12-16-39)37-23-27-51-28-24-37/h1-34H. The summed E-state index contributed by atoms with van der Waals surface area (Å²) in [4.78, 5) is 18.3. The second-order valence-corrected chi connectivity index (χ2v) is 13.2. The summed E-state index contributed by atoms with van der Waals surface area (Å²) in [5, 5.41) is 0. The Bertz CT molecular complexity index is 2250. The van der Waals surface area contributed by atoms with Crippen LogP contribution in [0.2, 0.25) is 0 Å². The van der Waals surface area contributed by atoms with Crippen LogP contribution < -0.4 is 0 Å². The minimum Gasteiger partial charge on any atom is -0.265 e. The highest BCUT2D eigenvalue weighted by molar-refractivity contribution is 5.95. The molecule has 4 heteroatoms. The van der Waals surface area contributed by atoms with E-state index in [1.54, 1.807) is 0 Å². The highest BCUT2D eigenvalue weighted by atomic mass is 14.7. The summed E-state index contributed by atoms with van der Waals surface area (Å²) in [6.07, 6.45) is 11.3. The van der Waals surface area contributed by atoms with Crippen molar-refractivity contribution in [1.29, 1.82) is 0 Å². The molecule has 0 radical (unpaired) electrons. The first-order chi connectivity index (χ1) is 26.8. The van der Waals surface area contributed by atoms with Gasteiger partial charge in [0.2, 0.25) is 0 Å². The van der Waals surface area contributed by atoms with Crippen molar-refractivity contribution in [3.63, 3.8) is 0 Å². The number of pyridine rings is 4. The SMILES string of the molecule is c1ccc(-c2ccc(-c3cc(-c4ccc(-c5ccccc5)nc4)c(-c4ccc(-c5ccncc5)cc4)cc3-c3ccc(-c4ccncc4)cc3)cn2)cc1. The largest absolute Gasteiger partial charge is 0.265 e. The maximum Gasteiger partial charge on any atom is 0.0702 e. The molecule has 0 aliphatic rings. The fraction of sp³-hybridized carbons (Fsp3) is 0. The zero-order chi connectivity index (χ0) is 36.1. The molecule has 0 aliphatic heterocycles. The van der Waals surface area contributed by atoms with Crippen LogP contribution in [-0.4, -0.2) is 19.9 Å². The molecule has 4 aromatic heterocycles. The van der Waals surface area contributed by atoms with Gasteiger partial charge in [-0.25, -0.2) is 0 Å². The average Bonchev–Trinajstić information content (AvgIpc) is 3.27. The highest BCUT2D eigenvalue weighted by Gasteiger charge is 2.18. The zero-order valence-electron chi connectivity index (χ0n) is 29.4. The molecule has 0 saturated carbocycles. The molecule has 0 spiro atoms. The number of benzene rings is 5. The lowest BCUT2D eigenvalue weighted by Crippen LogP contribution is -1.94. The van der Waals surface area contributed by atoms with Gasteiger partial charge in [-0.15, -0.1) is 0 Å². The first-order valence-corrected chi connectivity index (χ1v) is 18.0. The summed E-state index contributed by atoms with van der Waals surface area (Å²) in [6, 6.07) is 59.6. The van der Waals surface area contributed by atoms with Gasteiger partial charge in [0.25, 0.3) is 0 Å². The van der Waals surface area contributed by atoms with E-state index in [0.29, 0.717) is 0 Å². The van der Waals surface area contributed by atoms with E-state index >= 15 is 0 Å². The van der Waals surface area contributed by atoms with Gasteiger partial charge >= 0.3 is 0 Å². The van der Waals surface area contributed by atoms with Crippen LogP contribution in [0.25, 0.3) is 89.3 Å². The van der Waals surface area contributed by atoms with Crippen LogP contribution >= 0.6 is 0 Å². The molecule has 0 unspecified atom stereocenters. The van der Waals surface area contributed by atoms with E-state index in [1.165, 1.54) is 0 Å². The van der Waals surface area contributed by atoms with E-state index in [4.69, 9.17) is 9.97 Å². The second-order valence-electron chi connectivity index (χ2n) is 13.2. The summed E-state index contributed by atoms with van der Waals surface area (Å²) < 4.78 is 0. The van der Waals surface area contributed by atoms with Crippen molar-refractivity contribution in [3.05, 3.63) is 207 Å². The maximum absolute atomic E-state index is 4.96. The van der Waals surface area contributed by atoms with Crippen molar-refractivity contribution in [3.8, 4) is 89.3 Å². The summed E-state index contributed by atoms with van der Waals surface area (Å²) in [7, 11) is 0. The molecule has 0 aliphatic carbocycles. The van der Waals surface area contributed by atoms with Crippen molar-refractivity contribution in [1.82, 2.24) is 19.9 Å². The minimum absolute atomic E-state index is 0.939. The molecule has 5 aromatic carbocycles. The number of hydrogen-bond acceptors (Lipinski definition) is 4. The van der Waals surface area contributed by atoms with E-state index in [2.05, 4.69) is 119 Å². The van der Waals surface area contributed by atoms with Gasteiger partial charge in [0, 0.05) is 59.4 Å². The Kier molecular flexibility index (Phi) is 8.90. The molecule has 0 bridgehead atoms. The van der Waals surface area contributed by atoms with Crippen molar-refractivity contribution in [2.45, 2.75) is 0 Å². The summed E-state index contributed by atoms with van der Waals surface area (Å²) in [5.41, 5.74) is 17.4. The topological polar surface area (TPSA) is 51.6 Å². The van der Waals surface area contributed by atoms with Gasteiger partial charge in [-0.05, 0) is 104 Å². The normalized spacial score (nSPS) is 11.0. The lowest BCUT2D eigenvalue weighted by Gasteiger charge is -2.19. The van der Waals surface area contributed by atoms with Gasteiger partial charge in [-0.2, -0.15) is 0 Å². The molecule has 0 atom stereocenters. The lowest BCUT2D eigenvalue weighted by molar-refractivity contribution is 1.32. The van der Waals surface area contributed by atoms with E-state index < -0.39 is 0 Å². The fourth-order valence-electron chi connectivity index (χ4n) is 6.99. The minimum atomic E-state index is 0.939. The van der Waals surface area contributed by atoms with Gasteiger partial charge in [0.05, 0.1) is 11.4 Å². The second kappa shape index (κ2) is 14.7. The van der Waals surface area contributed by atoms with Crippen LogP contribution in [0.4, 0.5) is 0 Å². The predicted octanol–water partition coefficient (Wildman–Crippen LogP) is 12.6. The van der Waals surface area contributed by atoms with Gasteiger partial charge < -0.3 is 0 Å². The molecule has 9 aromatic rings. The number of nitrogens with zero attached hydrogens (tertiary/aromatic N) is 4. The van der Waals surface area contributed by atoms with Crippen LogP contribution in [0.5, 0.6) is 0 Å². The van der Waals surface area contributed by atoms with E-state index in [1.807, 2.05) is 97.8 Å². The molecule has 0 amide bonds. The molecule has 4 nitrogen and oxygen atoms in total. The molecule has 4 heterocycles. The third-order valence-electron chi connectivity index (χ3n) is 9.86. The van der Waals surface area contributed by atoms with Gasteiger partial charge in [0.15, 0.2) is 0 Å². The third-order valence-corrected chi connectivity index (χ3v) is 9.86. The maximum atomic E-state index is 4.96. The van der Waals surface area contributed by atoms with Crippen LogP contribution in [-0.2, 0) is 0 Å². The molecule has 9 rings (SSSR count). The third kappa shape index (κ3) is 6.72. The number of rotatable bonds is 8. The summed E-state index contributed by atoms with van der Waals surface area (Å²) >= 11 is 0. The first-order valence-electron chi connectivity index (χ1n) is 18.0. The monoisotopic (exact) mass is 690 g/mol. The van der Waals surface area contributed by atoms with Crippen LogP contribution in [0.3, 0.4) is 0 Å². The molecule has 54 heavy (non-hydrogen) atoms. The predicted molar refractivity (Wildman–Crippen MR) is 221 cm³/mol. The van der Waals surface area contributed by atoms with Gasteiger partial charge in [-0.1, -0.05) is 121 Å². The highest BCUT2D eigenvalue weighted by Crippen LogP contribution is 2.43. The Hall–Kier alpha value is -7.30. The van der Waals surface area contributed by atoms with Crippen LogP contribution in [0.1, 0.15) is 0 Å². The van der Waals surface area contributed by atoms with Crippen molar-refractivity contribution < 1.29 is 0 Å². The van der Waals surface area contributed by atoms with Crippen molar-refractivity contribution >= 4 is 0 Å². The molecule has 0 fully saturated rings. The molecular formula is C50H34N4. The van der Waals surface area contributed by atoms with Crippen LogP contribution in [0, 0.1) is 0 Å². The molecule has 0 N–H and O–H groups in total. The van der Waals surface area contributed by atoms with E-state index in [0.717, 1.165) is 89.3 Å². The first kappa shape index (κ1) is 32.6. The van der Waals surface area contributed by atoms with Crippen molar-refractivity contribution in [2.24, 2.45) is 0 Å². The Morgan fingerprint density at radius 3 is 0.907 bits per heavy atom. The number of aromatic nitrogens is 4. The quantitative estimate of drug-likeness (QED) is 0.159. The van der Waals surface area contributed by atoms with Gasteiger partial charge in [-0.3, -0.25) is 19.9 Å². The molecular weight excluding hydrogens is 657 g/mol. The van der Waals surface area contributed by atoms with Crippen LogP contribution in [0.15, 0.2) is 207 Å². The van der Waals surface area contributed by atoms with Crippen molar-refractivity contribution in [2.75, 3.05) is 0 Å². The lowest BCUT2D eigenvalue weighted by atomic mass is 9.85. The van der Waals surface area contributed by atoms with E-state index in [-0.39, 0.29) is 0 Å². The number of hydrogen-bond donors (Lipinski definition) is 0. The van der Waals surface area contributed by atoms with E-state index in [9.17, 15) is 0 Å². The van der Waals surface area contributed by atoms with Gasteiger partial charge in [0.1, 0.15) is 0 Å².